The van der Waals surface area contributed by atoms with Gasteiger partial charge in [0.15, 0.2) is 0 Å². The third-order valence-electron chi connectivity index (χ3n) is 2.98. The fourth-order valence-electron chi connectivity index (χ4n) is 2.35. The topological polar surface area (TPSA) is 46.6 Å². The molecule has 0 aromatic heterocycles. The van der Waals surface area contributed by atoms with E-state index >= 15 is 0 Å². The molecule has 2 saturated heterocycles. The maximum absolute atomic E-state index is 11.4. The predicted molar refractivity (Wildman–Crippen MR) is 44.9 cm³/mol. The maximum atomic E-state index is 11.4. The Bertz CT molecular complexity index is 251. The van der Waals surface area contributed by atoms with E-state index in [9.17, 15) is 9.59 Å². The number of rotatable bonds is 1. The Hall–Kier alpha value is -1.06. The van der Waals surface area contributed by atoms with Crippen LogP contribution >= 0.6 is 0 Å². The summed E-state index contributed by atoms with van der Waals surface area (Å²) in [6.45, 7) is 0.816. The van der Waals surface area contributed by atoms with Gasteiger partial charge in [0.1, 0.15) is 0 Å². The molecule has 1 amide bonds. The predicted octanol–water partition coefficient (Wildman–Crippen LogP) is 0.170. The first kappa shape index (κ1) is 8.53. The van der Waals surface area contributed by atoms with Crippen LogP contribution in [-0.2, 0) is 14.3 Å². The van der Waals surface area contributed by atoms with Gasteiger partial charge in [0.2, 0.25) is 5.91 Å². The fourth-order valence-corrected chi connectivity index (χ4v) is 2.35. The summed E-state index contributed by atoms with van der Waals surface area (Å²) in [4.78, 5) is 24.5. The Morgan fingerprint density at radius 3 is 3.08 bits per heavy atom. The molecule has 0 aromatic carbocycles. The number of methoxy groups -OCH3 is 1. The van der Waals surface area contributed by atoms with Crippen molar-refractivity contribution in [2.24, 2.45) is 5.92 Å². The van der Waals surface area contributed by atoms with Crippen LogP contribution in [0.4, 0.5) is 0 Å². The third kappa shape index (κ3) is 1.20. The van der Waals surface area contributed by atoms with Gasteiger partial charge in [0, 0.05) is 19.0 Å². The number of carbonyl (C=O) groups excluding carboxylic acids is 2. The Morgan fingerprint density at radius 2 is 2.38 bits per heavy atom. The van der Waals surface area contributed by atoms with E-state index in [1.54, 1.807) is 0 Å². The molecule has 0 aliphatic carbocycles. The minimum absolute atomic E-state index is 0.109. The van der Waals surface area contributed by atoms with Crippen LogP contribution in [0.25, 0.3) is 0 Å². The summed E-state index contributed by atoms with van der Waals surface area (Å²) in [6, 6.07) is 0.125. The smallest absolute Gasteiger partial charge is 0.311 e. The Labute approximate surface area is 76.8 Å². The van der Waals surface area contributed by atoms with Crippen molar-refractivity contribution < 1.29 is 14.3 Å². The largest absolute Gasteiger partial charge is 0.469 e. The van der Waals surface area contributed by atoms with E-state index in [0.29, 0.717) is 6.42 Å². The molecule has 2 fully saturated rings. The van der Waals surface area contributed by atoms with E-state index in [0.717, 1.165) is 19.4 Å². The van der Waals surface area contributed by atoms with Crippen LogP contribution < -0.4 is 0 Å². The van der Waals surface area contributed by atoms with Gasteiger partial charge in [0.05, 0.1) is 13.0 Å². The molecular formula is C9H13NO3. The van der Waals surface area contributed by atoms with Crippen LogP contribution in [0.15, 0.2) is 0 Å². The highest BCUT2D eigenvalue weighted by atomic mass is 16.5. The van der Waals surface area contributed by atoms with E-state index < -0.39 is 0 Å². The van der Waals surface area contributed by atoms with Crippen molar-refractivity contribution in [3.8, 4) is 0 Å². The molecule has 0 bridgehead atoms. The number of hydrogen-bond donors (Lipinski definition) is 0. The summed E-state index contributed by atoms with van der Waals surface area (Å²) in [6.07, 6.45) is 2.31. The monoisotopic (exact) mass is 183 g/mol. The molecule has 13 heavy (non-hydrogen) atoms. The lowest BCUT2D eigenvalue weighted by Crippen LogP contribution is -2.31. The number of hydrogen-bond acceptors (Lipinski definition) is 3. The molecule has 0 unspecified atom stereocenters. The van der Waals surface area contributed by atoms with E-state index in [1.807, 2.05) is 4.90 Å². The van der Waals surface area contributed by atoms with Crippen molar-refractivity contribution in [3.05, 3.63) is 0 Å². The van der Waals surface area contributed by atoms with Crippen molar-refractivity contribution in [1.82, 2.24) is 4.90 Å². The summed E-state index contributed by atoms with van der Waals surface area (Å²) in [5, 5.41) is 0. The molecule has 0 saturated carbocycles. The molecule has 2 rings (SSSR count). The molecule has 0 spiro atoms. The highest BCUT2D eigenvalue weighted by Crippen LogP contribution is 2.34. The number of esters is 1. The quantitative estimate of drug-likeness (QED) is 0.544. The van der Waals surface area contributed by atoms with E-state index in [2.05, 4.69) is 4.74 Å². The van der Waals surface area contributed by atoms with Gasteiger partial charge >= 0.3 is 5.97 Å². The Balaban J connectivity index is 2.14. The molecule has 2 aliphatic rings. The highest BCUT2D eigenvalue weighted by Gasteiger charge is 2.46. The average molecular weight is 183 g/mol. The molecule has 2 atom stereocenters. The van der Waals surface area contributed by atoms with Gasteiger partial charge in [-0.1, -0.05) is 0 Å². The van der Waals surface area contributed by atoms with Crippen LogP contribution in [0.2, 0.25) is 0 Å². The first-order chi connectivity index (χ1) is 6.24. The van der Waals surface area contributed by atoms with Gasteiger partial charge < -0.3 is 9.64 Å². The molecule has 0 radical (unpaired) electrons. The first-order valence-corrected chi connectivity index (χ1v) is 4.61. The van der Waals surface area contributed by atoms with Gasteiger partial charge in [-0.2, -0.15) is 0 Å². The molecule has 2 aliphatic heterocycles. The average Bonchev–Trinajstić information content (AvgIpc) is 2.68. The summed E-state index contributed by atoms with van der Waals surface area (Å²) < 4.78 is 4.67. The Morgan fingerprint density at radius 1 is 1.62 bits per heavy atom. The van der Waals surface area contributed by atoms with E-state index in [-0.39, 0.29) is 23.8 Å². The Kier molecular flexibility index (Phi) is 1.98. The van der Waals surface area contributed by atoms with Crippen molar-refractivity contribution >= 4 is 11.9 Å². The van der Waals surface area contributed by atoms with Crippen molar-refractivity contribution in [3.63, 3.8) is 0 Å². The molecule has 4 heteroatoms. The van der Waals surface area contributed by atoms with Crippen LogP contribution in [0, 0.1) is 5.92 Å². The number of carbonyl (C=O) groups is 2. The van der Waals surface area contributed by atoms with Crippen LogP contribution in [0.1, 0.15) is 19.3 Å². The van der Waals surface area contributed by atoms with Gasteiger partial charge in [-0.05, 0) is 12.8 Å². The van der Waals surface area contributed by atoms with E-state index in [4.69, 9.17) is 0 Å². The molecule has 0 N–H and O–H groups in total. The second-order valence-electron chi connectivity index (χ2n) is 3.63. The van der Waals surface area contributed by atoms with Crippen LogP contribution in [0.5, 0.6) is 0 Å². The lowest BCUT2D eigenvalue weighted by Gasteiger charge is -2.17. The molecule has 0 aromatic rings. The van der Waals surface area contributed by atoms with Crippen LogP contribution in [0.3, 0.4) is 0 Å². The van der Waals surface area contributed by atoms with Crippen molar-refractivity contribution in [2.45, 2.75) is 25.3 Å². The molecular weight excluding hydrogens is 170 g/mol. The zero-order chi connectivity index (χ0) is 9.42. The summed E-state index contributed by atoms with van der Waals surface area (Å²) >= 11 is 0. The molecule has 72 valence electrons. The van der Waals surface area contributed by atoms with Crippen LogP contribution in [-0.4, -0.2) is 36.5 Å². The highest BCUT2D eigenvalue weighted by molar-refractivity contribution is 5.88. The minimum Gasteiger partial charge on any atom is -0.469 e. The molecule has 4 nitrogen and oxygen atoms in total. The zero-order valence-electron chi connectivity index (χ0n) is 7.66. The fraction of sp³-hybridized carbons (Fsp3) is 0.778. The zero-order valence-corrected chi connectivity index (χ0v) is 7.66. The summed E-state index contributed by atoms with van der Waals surface area (Å²) in [5.41, 5.74) is 0. The summed E-state index contributed by atoms with van der Waals surface area (Å²) in [5.74, 6) is -0.333. The number of ether oxygens (including phenoxy) is 1. The lowest BCUT2D eigenvalue weighted by atomic mass is 9.99. The normalized spacial score (nSPS) is 32.1. The maximum Gasteiger partial charge on any atom is 0.311 e. The third-order valence-corrected chi connectivity index (χ3v) is 2.98. The van der Waals surface area contributed by atoms with E-state index in [1.165, 1.54) is 7.11 Å². The standard InChI is InChI=1S/C9H13NO3/c1-13-9(12)6-5-8(11)10-4-2-3-7(6)10/h6-7H,2-5H2,1H3/t6-,7+/m1/s1. The SMILES string of the molecule is COC(=O)[C@@H]1CC(=O)N2CCC[C@@H]12. The first-order valence-electron chi connectivity index (χ1n) is 4.61. The number of amides is 1. The lowest BCUT2D eigenvalue weighted by molar-refractivity contribution is -0.146. The molecule has 2 heterocycles. The number of nitrogens with zero attached hydrogens (tertiary/aromatic N) is 1. The van der Waals surface area contributed by atoms with Gasteiger partial charge in [-0.15, -0.1) is 0 Å². The van der Waals surface area contributed by atoms with Crippen molar-refractivity contribution in [1.29, 1.82) is 0 Å². The number of fused-ring (bicyclic) bond motifs is 1. The minimum atomic E-state index is -0.234. The second kappa shape index (κ2) is 3.01. The second-order valence-corrected chi connectivity index (χ2v) is 3.63. The van der Waals surface area contributed by atoms with Crippen molar-refractivity contribution in [2.75, 3.05) is 13.7 Å². The van der Waals surface area contributed by atoms with Gasteiger partial charge in [-0.3, -0.25) is 9.59 Å². The van der Waals surface area contributed by atoms with Gasteiger partial charge in [-0.25, -0.2) is 0 Å². The van der Waals surface area contributed by atoms with Gasteiger partial charge in [0.25, 0.3) is 0 Å². The summed E-state index contributed by atoms with van der Waals surface area (Å²) in [7, 11) is 1.38.